The molecule has 1 saturated heterocycles. The Balaban J connectivity index is 0.00000261. The summed E-state index contributed by atoms with van der Waals surface area (Å²) >= 11 is 0. The topological polar surface area (TPSA) is 66.0 Å². The SMILES string of the molecule is CN=C(NCCOc1ccccc1)NC1CCN(C(=O)C2CCCC2)C1.I. The Labute approximate surface area is 179 Å². The maximum absolute atomic E-state index is 12.5. The molecule has 0 aromatic heterocycles. The molecule has 0 radical (unpaired) electrons. The molecule has 1 unspecified atom stereocenters. The molecule has 27 heavy (non-hydrogen) atoms. The van der Waals surface area contributed by atoms with Crippen molar-refractivity contribution < 1.29 is 9.53 Å². The number of ether oxygens (including phenoxy) is 1. The third kappa shape index (κ3) is 6.55. The summed E-state index contributed by atoms with van der Waals surface area (Å²) in [6, 6.07) is 10.0. The van der Waals surface area contributed by atoms with Crippen molar-refractivity contribution in [1.29, 1.82) is 0 Å². The fraction of sp³-hybridized carbons (Fsp3) is 0.600. The molecule has 1 aliphatic carbocycles. The van der Waals surface area contributed by atoms with E-state index in [1.165, 1.54) is 12.8 Å². The first-order valence-electron chi connectivity index (χ1n) is 9.70. The average molecular weight is 486 g/mol. The average Bonchev–Trinajstić information content (AvgIpc) is 3.36. The van der Waals surface area contributed by atoms with Crippen molar-refractivity contribution >= 4 is 35.8 Å². The van der Waals surface area contributed by atoms with E-state index in [1.54, 1.807) is 7.05 Å². The monoisotopic (exact) mass is 486 g/mol. The van der Waals surface area contributed by atoms with Crippen LogP contribution in [0.4, 0.5) is 0 Å². The Hall–Kier alpha value is -1.51. The van der Waals surface area contributed by atoms with Crippen molar-refractivity contribution in [2.24, 2.45) is 10.9 Å². The number of halogens is 1. The first-order valence-corrected chi connectivity index (χ1v) is 9.70. The molecule has 1 aromatic carbocycles. The Morgan fingerprint density at radius 3 is 2.67 bits per heavy atom. The largest absolute Gasteiger partial charge is 0.492 e. The van der Waals surface area contributed by atoms with Crippen molar-refractivity contribution in [1.82, 2.24) is 15.5 Å². The molecule has 2 aliphatic rings. The van der Waals surface area contributed by atoms with Gasteiger partial charge >= 0.3 is 0 Å². The van der Waals surface area contributed by atoms with Crippen molar-refractivity contribution in [3.63, 3.8) is 0 Å². The third-order valence-electron chi connectivity index (χ3n) is 5.18. The molecule has 1 saturated carbocycles. The van der Waals surface area contributed by atoms with Gasteiger partial charge in [-0.25, -0.2) is 0 Å². The Kier molecular flexibility index (Phi) is 9.17. The number of hydrogen-bond donors (Lipinski definition) is 2. The number of benzene rings is 1. The summed E-state index contributed by atoms with van der Waals surface area (Å²) in [5.41, 5.74) is 0. The van der Waals surface area contributed by atoms with Gasteiger partial charge in [0.1, 0.15) is 12.4 Å². The quantitative estimate of drug-likeness (QED) is 0.281. The summed E-state index contributed by atoms with van der Waals surface area (Å²) in [6.07, 6.45) is 5.51. The van der Waals surface area contributed by atoms with Crippen LogP contribution in [-0.4, -0.2) is 56.1 Å². The van der Waals surface area contributed by atoms with Crippen molar-refractivity contribution in [2.75, 3.05) is 33.3 Å². The van der Waals surface area contributed by atoms with Crippen LogP contribution in [0.15, 0.2) is 35.3 Å². The van der Waals surface area contributed by atoms with Crippen LogP contribution in [0.1, 0.15) is 32.1 Å². The number of para-hydroxylation sites is 1. The third-order valence-corrected chi connectivity index (χ3v) is 5.18. The summed E-state index contributed by atoms with van der Waals surface area (Å²) in [5.74, 6) is 2.25. The van der Waals surface area contributed by atoms with E-state index in [9.17, 15) is 4.79 Å². The molecule has 1 aromatic rings. The van der Waals surface area contributed by atoms with Crippen LogP contribution in [0.2, 0.25) is 0 Å². The number of carbonyl (C=O) groups excluding carboxylic acids is 1. The number of likely N-dealkylation sites (tertiary alicyclic amines) is 1. The highest BCUT2D eigenvalue weighted by Crippen LogP contribution is 2.27. The van der Waals surface area contributed by atoms with E-state index in [1.807, 2.05) is 35.2 Å². The van der Waals surface area contributed by atoms with Crippen LogP contribution in [0, 0.1) is 5.92 Å². The van der Waals surface area contributed by atoms with Gasteiger partial charge in [0, 0.05) is 32.1 Å². The maximum Gasteiger partial charge on any atom is 0.225 e. The van der Waals surface area contributed by atoms with Crippen LogP contribution in [0.3, 0.4) is 0 Å². The van der Waals surface area contributed by atoms with Gasteiger partial charge in [-0.2, -0.15) is 0 Å². The standard InChI is InChI=1S/C20H30N4O2.HI/c1-21-20(22-12-14-26-18-9-3-2-4-10-18)23-17-11-13-24(15-17)19(25)16-7-5-6-8-16;/h2-4,9-10,16-17H,5-8,11-15H2,1H3,(H2,21,22,23);1H. The number of rotatable bonds is 6. The molecule has 7 heteroatoms. The van der Waals surface area contributed by atoms with E-state index < -0.39 is 0 Å². The molecule has 6 nitrogen and oxygen atoms in total. The van der Waals surface area contributed by atoms with Crippen LogP contribution in [0.5, 0.6) is 5.75 Å². The van der Waals surface area contributed by atoms with E-state index in [2.05, 4.69) is 15.6 Å². The highest BCUT2D eigenvalue weighted by molar-refractivity contribution is 14.0. The van der Waals surface area contributed by atoms with Crippen LogP contribution in [-0.2, 0) is 4.79 Å². The second kappa shape index (κ2) is 11.4. The molecule has 0 spiro atoms. The maximum atomic E-state index is 12.5. The van der Waals surface area contributed by atoms with Crippen LogP contribution >= 0.6 is 24.0 Å². The number of amides is 1. The predicted octanol–water partition coefficient (Wildman–Crippen LogP) is 2.64. The van der Waals surface area contributed by atoms with Gasteiger partial charge in [0.2, 0.25) is 5.91 Å². The fourth-order valence-electron chi connectivity index (χ4n) is 3.75. The summed E-state index contributed by atoms with van der Waals surface area (Å²) < 4.78 is 5.68. The van der Waals surface area contributed by atoms with E-state index in [-0.39, 0.29) is 35.9 Å². The number of hydrogen-bond acceptors (Lipinski definition) is 3. The zero-order valence-electron chi connectivity index (χ0n) is 16.0. The van der Waals surface area contributed by atoms with Gasteiger partial charge in [0.25, 0.3) is 0 Å². The normalized spacial score (nSPS) is 20.3. The molecule has 1 atom stereocenters. The van der Waals surface area contributed by atoms with E-state index in [4.69, 9.17) is 4.74 Å². The second-order valence-corrected chi connectivity index (χ2v) is 7.06. The molecule has 1 aliphatic heterocycles. The van der Waals surface area contributed by atoms with Crippen molar-refractivity contribution in [3.05, 3.63) is 30.3 Å². The molecule has 2 N–H and O–H groups in total. The lowest BCUT2D eigenvalue weighted by Crippen LogP contribution is -2.46. The van der Waals surface area contributed by atoms with Gasteiger partial charge in [0.05, 0.1) is 6.54 Å². The lowest BCUT2D eigenvalue weighted by molar-refractivity contribution is -0.134. The first-order chi connectivity index (χ1) is 12.8. The summed E-state index contributed by atoms with van der Waals surface area (Å²) in [5, 5.41) is 6.71. The Bertz CT molecular complexity index is 605. The van der Waals surface area contributed by atoms with Gasteiger partial charge in [-0.15, -0.1) is 24.0 Å². The lowest BCUT2D eigenvalue weighted by Gasteiger charge is -2.21. The molecule has 3 rings (SSSR count). The van der Waals surface area contributed by atoms with E-state index in [0.29, 0.717) is 19.1 Å². The van der Waals surface area contributed by atoms with Crippen molar-refractivity contribution in [3.8, 4) is 5.75 Å². The van der Waals surface area contributed by atoms with Gasteiger partial charge in [-0.3, -0.25) is 9.79 Å². The molecule has 1 heterocycles. The Morgan fingerprint density at radius 1 is 1.22 bits per heavy atom. The molecular weight excluding hydrogens is 455 g/mol. The van der Waals surface area contributed by atoms with Gasteiger partial charge in [-0.1, -0.05) is 31.0 Å². The molecule has 0 bridgehead atoms. The molecule has 150 valence electrons. The molecule has 1 amide bonds. The number of guanidine groups is 1. The molecule has 2 fully saturated rings. The number of nitrogens with one attached hydrogen (secondary N) is 2. The number of carbonyl (C=O) groups is 1. The molecular formula is C20H31IN4O2. The van der Waals surface area contributed by atoms with E-state index in [0.717, 1.165) is 44.1 Å². The van der Waals surface area contributed by atoms with Crippen LogP contribution in [0.25, 0.3) is 0 Å². The highest BCUT2D eigenvalue weighted by Gasteiger charge is 2.32. The van der Waals surface area contributed by atoms with Gasteiger partial charge in [0.15, 0.2) is 5.96 Å². The highest BCUT2D eigenvalue weighted by atomic mass is 127. The number of nitrogens with zero attached hydrogens (tertiary/aromatic N) is 2. The van der Waals surface area contributed by atoms with Gasteiger partial charge in [-0.05, 0) is 31.4 Å². The summed E-state index contributed by atoms with van der Waals surface area (Å²) in [6.45, 7) is 2.87. The summed E-state index contributed by atoms with van der Waals surface area (Å²) in [4.78, 5) is 18.8. The van der Waals surface area contributed by atoms with Crippen molar-refractivity contribution in [2.45, 2.75) is 38.1 Å². The zero-order valence-corrected chi connectivity index (χ0v) is 18.4. The first kappa shape index (κ1) is 21.8. The van der Waals surface area contributed by atoms with E-state index >= 15 is 0 Å². The Morgan fingerprint density at radius 2 is 1.96 bits per heavy atom. The fourth-order valence-corrected chi connectivity index (χ4v) is 3.75. The van der Waals surface area contributed by atoms with Crippen LogP contribution < -0.4 is 15.4 Å². The minimum absolute atomic E-state index is 0. The number of aliphatic imine (C=N–C) groups is 1. The minimum Gasteiger partial charge on any atom is -0.492 e. The smallest absolute Gasteiger partial charge is 0.225 e. The predicted molar refractivity (Wildman–Crippen MR) is 119 cm³/mol. The zero-order chi connectivity index (χ0) is 18.2. The summed E-state index contributed by atoms with van der Waals surface area (Å²) in [7, 11) is 1.77. The lowest BCUT2D eigenvalue weighted by atomic mass is 10.1. The minimum atomic E-state index is 0. The van der Waals surface area contributed by atoms with Gasteiger partial charge < -0.3 is 20.3 Å². The second-order valence-electron chi connectivity index (χ2n) is 7.06.